The van der Waals surface area contributed by atoms with Gasteiger partial charge < -0.3 is 0 Å². The number of hydrogen-bond donors (Lipinski definition) is 0. The minimum Gasteiger partial charge on any atom is -0.225 e. The first-order chi connectivity index (χ1) is 18.8. The highest BCUT2D eigenvalue weighted by molar-refractivity contribution is 7.25. The van der Waals surface area contributed by atoms with Crippen molar-refractivity contribution < 1.29 is 0 Å². The Balaban J connectivity index is 1.33. The van der Waals surface area contributed by atoms with E-state index in [2.05, 4.69) is 103 Å². The summed E-state index contributed by atoms with van der Waals surface area (Å²) in [6, 6.07) is 30.2. The van der Waals surface area contributed by atoms with Crippen molar-refractivity contribution in [2.75, 3.05) is 0 Å². The van der Waals surface area contributed by atoms with Crippen LogP contribution in [0.15, 0.2) is 110 Å². The molecule has 0 aliphatic carbocycles. The molecule has 0 atom stereocenters. The Labute approximate surface area is 222 Å². The van der Waals surface area contributed by atoms with E-state index in [1.807, 2.05) is 23.5 Å². The highest BCUT2D eigenvalue weighted by Gasteiger charge is 2.11. The highest BCUT2D eigenvalue weighted by atomic mass is 32.1. The Hall–Kier alpha value is -4.88. The van der Waals surface area contributed by atoms with E-state index in [1.54, 1.807) is 0 Å². The molecule has 3 aromatic heterocycles. The fourth-order valence-electron chi connectivity index (χ4n) is 4.83. The van der Waals surface area contributed by atoms with Crippen molar-refractivity contribution in [3.63, 3.8) is 0 Å². The van der Waals surface area contributed by atoms with Gasteiger partial charge in [0, 0.05) is 31.3 Å². The molecule has 0 fully saturated rings. The monoisotopic (exact) mass is 508 g/mol. The number of nitrogens with zero attached hydrogens (tertiary/aromatic N) is 6. The summed E-state index contributed by atoms with van der Waals surface area (Å²) < 4.78 is 2.59. The minimum atomic E-state index is 0.657. The summed E-state index contributed by atoms with van der Waals surface area (Å²) >= 11 is 1.83. The summed E-state index contributed by atoms with van der Waals surface area (Å²) in [5.41, 5.74) is 6.56. The molecule has 6 nitrogen and oxygen atoms in total. The first-order valence-electron chi connectivity index (χ1n) is 12.2. The molecule has 4 aromatic carbocycles. The molecule has 0 bridgehead atoms. The molecule has 7 heteroatoms. The van der Waals surface area contributed by atoms with Crippen molar-refractivity contribution in [2.24, 2.45) is 0 Å². The van der Waals surface area contributed by atoms with Gasteiger partial charge in [-0.3, -0.25) is 0 Å². The van der Waals surface area contributed by atoms with Crippen molar-refractivity contribution in [1.29, 1.82) is 0 Å². The lowest BCUT2D eigenvalue weighted by Gasteiger charge is -2.11. The fourth-order valence-corrected chi connectivity index (χ4v) is 5.91. The van der Waals surface area contributed by atoms with Gasteiger partial charge in [-0.25, -0.2) is 29.9 Å². The predicted octanol–water partition coefficient (Wildman–Crippen LogP) is 7.02. The van der Waals surface area contributed by atoms with Gasteiger partial charge in [0.2, 0.25) is 0 Å². The minimum absolute atomic E-state index is 0.657. The van der Waals surface area contributed by atoms with Crippen LogP contribution in [0.5, 0.6) is 0 Å². The second-order valence-corrected chi connectivity index (χ2v) is 10.1. The maximum Gasteiger partial charge on any atom is 0.162 e. The van der Waals surface area contributed by atoms with E-state index in [0.29, 0.717) is 11.6 Å². The molecule has 0 unspecified atom stereocenters. The van der Waals surface area contributed by atoms with Gasteiger partial charge in [0.05, 0.1) is 0 Å². The van der Waals surface area contributed by atoms with Gasteiger partial charge in [0.1, 0.15) is 25.3 Å². The van der Waals surface area contributed by atoms with Crippen LogP contribution in [0.4, 0.5) is 0 Å². The Morgan fingerprint density at radius 2 is 1.16 bits per heavy atom. The summed E-state index contributed by atoms with van der Waals surface area (Å²) in [6.45, 7) is 0. The maximum absolute atomic E-state index is 4.43. The van der Waals surface area contributed by atoms with Gasteiger partial charge in [-0.1, -0.05) is 48.5 Å². The molecule has 7 rings (SSSR count). The van der Waals surface area contributed by atoms with Gasteiger partial charge in [0.25, 0.3) is 0 Å². The summed E-state index contributed by atoms with van der Waals surface area (Å²) in [5, 5.41) is 2.57. The largest absolute Gasteiger partial charge is 0.225 e. The molecular formula is C31H20N6S. The second-order valence-electron chi connectivity index (χ2n) is 9.03. The van der Waals surface area contributed by atoms with E-state index in [-0.39, 0.29) is 0 Å². The Morgan fingerprint density at radius 1 is 0.474 bits per heavy atom. The molecule has 0 radical (unpaired) electrons. The molecule has 38 heavy (non-hydrogen) atoms. The lowest BCUT2D eigenvalue weighted by atomic mass is 9.94. The first kappa shape index (κ1) is 22.3. The van der Waals surface area contributed by atoms with Gasteiger partial charge >= 0.3 is 0 Å². The van der Waals surface area contributed by atoms with Crippen LogP contribution in [0.25, 0.3) is 54.1 Å². The Morgan fingerprint density at radius 3 is 1.97 bits per heavy atom. The lowest BCUT2D eigenvalue weighted by molar-refractivity contribution is 1.05. The van der Waals surface area contributed by atoms with Crippen molar-refractivity contribution in [2.45, 2.75) is 6.42 Å². The molecule has 0 spiro atoms. The molecular weight excluding hydrogens is 488 g/mol. The van der Waals surface area contributed by atoms with Crippen LogP contribution in [-0.4, -0.2) is 29.9 Å². The Kier molecular flexibility index (Phi) is 5.60. The van der Waals surface area contributed by atoms with E-state index in [1.165, 1.54) is 56.6 Å². The maximum atomic E-state index is 4.43. The molecule has 3 heterocycles. The van der Waals surface area contributed by atoms with Gasteiger partial charge in [-0.05, 0) is 65.1 Å². The fraction of sp³-hybridized carbons (Fsp3) is 0.0323. The zero-order valence-corrected chi connectivity index (χ0v) is 21.0. The smallest absolute Gasteiger partial charge is 0.162 e. The molecule has 0 amide bonds. The molecule has 0 N–H and O–H groups in total. The van der Waals surface area contributed by atoms with Crippen molar-refractivity contribution >= 4 is 31.5 Å². The van der Waals surface area contributed by atoms with Crippen LogP contribution >= 0.6 is 11.3 Å². The molecule has 0 saturated heterocycles. The molecule has 7 aromatic rings. The second kappa shape index (κ2) is 9.53. The van der Waals surface area contributed by atoms with Crippen LogP contribution in [0.3, 0.4) is 0 Å². The summed E-state index contributed by atoms with van der Waals surface area (Å²) in [4.78, 5) is 25.4. The third-order valence-corrected chi connectivity index (χ3v) is 7.69. The number of aromatic nitrogens is 6. The van der Waals surface area contributed by atoms with E-state index in [9.17, 15) is 0 Å². The molecule has 0 aliphatic rings. The SMILES string of the molecule is c1cc(Cc2cc(-c3ccc4sc5ccccc5c4c3)cc(-c3ncncn3)c2)cc(-c2ncncn2)c1. The molecule has 0 aliphatic heterocycles. The molecule has 180 valence electrons. The number of rotatable bonds is 5. The Bertz CT molecular complexity index is 1900. The quantitative estimate of drug-likeness (QED) is 0.249. The van der Waals surface area contributed by atoms with Gasteiger partial charge in [0.15, 0.2) is 11.6 Å². The number of hydrogen-bond acceptors (Lipinski definition) is 7. The van der Waals surface area contributed by atoms with Crippen molar-refractivity contribution in [1.82, 2.24) is 29.9 Å². The first-order valence-corrected chi connectivity index (χ1v) is 13.0. The van der Waals surface area contributed by atoms with E-state index >= 15 is 0 Å². The van der Waals surface area contributed by atoms with Crippen molar-refractivity contribution in [3.05, 3.63) is 121 Å². The van der Waals surface area contributed by atoms with Gasteiger partial charge in [-0.15, -0.1) is 11.3 Å². The highest BCUT2D eigenvalue weighted by Crippen LogP contribution is 2.37. The third kappa shape index (κ3) is 4.29. The standard InChI is InChI=1S/C31H20N6S/c1-2-7-28-26(6-1)27-15-22(8-9-29(27)38-28)24-12-21(13-25(14-24)31-36-18-33-19-37-31)10-20-4-3-5-23(11-20)30-34-16-32-17-35-30/h1-9,11-19H,10H2. The van der Waals surface area contributed by atoms with E-state index in [4.69, 9.17) is 0 Å². The zero-order valence-electron chi connectivity index (χ0n) is 20.2. The average molecular weight is 509 g/mol. The van der Waals surface area contributed by atoms with E-state index < -0.39 is 0 Å². The predicted molar refractivity (Wildman–Crippen MR) is 152 cm³/mol. The summed E-state index contributed by atoms with van der Waals surface area (Å²) in [5.74, 6) is 1.32. The van der Waals surface area contributed by atoms with Gasteiger partial charge in [-0.2, -0.15) is 0 Å². The zero-order chi connectivity index (χ0) is 25.3. The summed E-state index contributed by atoms with van der Waals surface area (Å²) in [6.07, 6.45) is 6.86. The normalized spacial score (nSPS) is 11.3. The lowest BCUT2D eigenvalue weighted by Crippen LogP contribution is -1.95. The van der Waals surface area contributed by atoms with Crippen molar-refractivity contribution in [3.8, 4) is 33.9 Å². The van der Waals surface area contributed by atoms with Crippen LogP contribution < -0.4 is 0 Å². The van der Waals surface area contributed by atoms with E-state index in [0.717, 1.165) is 28.7 Å². The molecule has 0 saturated carbocycles. The third-order valence-electron chi connectivity index (χ3n) is 6.54. The number of fused-ring (bicyclic) bond motifs is 3. The topological polar surface area (TPSA) is 77.3 Å². The van der Waals surface area contributed by atoms with Crippen LogP contribution in [0.2, 0.25) is 0 Å². The average Bonchev–Trinajstić information content (AvgIpc) is 3.36. The summed E-state index contributed by atoms with van der Waals surface area (Å²) in [7, 11) is 0. The van der Waals surface area contributed by atoms with Crippen LogP contribution in [-0.2, 0) is 6.42 Å². The number of benzene rings is 4. The van der Waals surface area contributed by atoms with Crippen LogP contribution in [0, 0.1) is 0 Å². The van der Waals surface area contributed by atoms with Crippen LogP contribution in [0.1, 0.15) is 11.1 Å². The number of thiophene rings is 1.